The number of benzene rings is 2. The smallest absolute Gasteiger partial charge is 0.251 e. The number of carbonyl (C=O) groups is 1. The molecule has 3 heterocycles. The number of hydrogen-bond donors (Lipinski definition) is 1. The van der Waals surface area contributed by atoms with Gasteiger partial charge in [0.15, 0.2) is 6.10 Å². The molecule has 0 radical (unpaired) electrons. The lowest BCUT2D eigenvalue weighted by molar-refractivity contribution is -0.148. The van der Waals surface area contributed by atoms with Crippen LogP contribution in [0.15, 0.2) is 60.9 Å². The van der Waals surface area contributed by atoms with Crippen LogP contribution < -0.4 is 5.73 Å². The van der Waals surface area contributed by atoms with Gasteiger partial charge >= 0.3 is 0 Å². The molecule has 0 aliphatic carbocycles. The Hall–Kier alpha value is -2.96. The van der Waals surface area contributed by atoms with E-state index in [9.17, 15) is 4.79 Å². The highest BCUT2D eigenvalue weighted by Gasteiger charge is 2.48. The van der Waals surface area contributed by atoms with E-state index in [0.29, 0.717) is 0 Å². The largest absolute Gasteiger partial charge is 0.367 e. The second-order valence-electron chi connectivity index (χ2n) is 8.39. The van der Waals surface area contributed by atoms with Crippen LogP contribution in [0.3, 0.4) is 0 Å². The first kappa shape index (κ1) is 19.0. The van der Waals surface area contributed by atoms with Crippen LogP contribution in [0.1, 0.15) is 41.2 Å². The van der Waals surface area contributed by atoms with Crippen LogP contribution in [0.25, 0.3) is 5.69 Å². The van der Waals surface area contributed by atoms with E-state index in [1.807, 2.05) is 53.3 Å². The molecule has 0 bridgehead atoms. The van der Waals surface area contributed by atoms with Gasteiger partial charge in [0.1, 0.15) is 0 Å². The zero-order chi connectivity index (χ0) is 20.7. The van der Waals surface area contributed by atoms with Gasteiger partial charge in [-0.2, -0.15) is 5.10 Å². The number of likely N-dealkylation sites (tertiary alicyclic amines) is 1. The lowest BCUT2D eigenvalue weighted by Gasteiger charge is -2.39. The van der Waals surface area contributed by atoms with Gasteiger partial charge < -0.3 is 10.5 Å². The molecule has 2 aromatic carbocycles. The monoisotopic (exact) mass is 402 g/mol. The first-order valence-electron chi connectivity index (χ1n) is 10.4. The van der Waals surface area contributed by atoms with Gasteiger partial charge in [-0.3, -0.25) is 9.69 Å². The Balaban J connectivity index is 1.30. The van der Waals surface area contributed by atoms with Crippen molar-refractivity contribution >= 4 is 5.91 Å². The SMILES string of the molecule is Cc1ccc2c(c1)C1(CCN(Cc3cnn(-c4ccccc4)c3)CC1)OC2C(N)=O. The average molecular weight is 402 g/mol. The Kier molecular flexibility index (Phi) is 4.68. The summed E-state index contributed by atoms with van der Waals surface area (Å²) in [6, 6.07) is 16.3. The number of rotatable bonds is 4. The number of hydrogen-bond acceptors (Lipinski definition) is 4. The maximum atomic E-state index is 12.0. The zero-order valence-corrected chi connectivity index (χ0v) is 17.1. The average Bonchev–Trinajstić information content (AvgIpc) is 3.34. The number of carbonyl (C=O) groups excluding carboxylic acids is 1. The van der Waals surface area contributed by atoms with E-state index < -0.39 is 17.6 Å². The van der Waals surface area contributed by atoms with Gasteiger partial charge in [0.2, 0.25) is 0 Å². The molecule has 2 N–H and O–H groups in total. The normalized spacial score (nSPS) is 20.4. The van der Waals surface area contributed by atoms with Crippen LogP contribution >= 0.6 is 0 Å². The van der Waals surface area contributed by atoms with Gasteiger partial charge in [-0.05, 0) is 43.0 Å². The van der Waals surface area contributed by atoms with Crippen molar-refractivity contribution in [1.29, 1.82) is 0 Å². The van der Waals surface area contributed by atoms with Crippen LogP contribution in [-0.2, 0) is 21.7 Å². The number of primary amides is 1. The third-order valence-electron chi connectivity index (χ3n) is 6.31. The molecule has 1 aromatic heterocycles. The number of ether oxygens (including phenoxy) is 1. The molecule has 1 fully saturated rings. The van der Waals surface area contributed by atoms with Crippen LogP contribution in [-0.4, -0.2) is 33.7 Å². The lowest BCUT2D eigenvalue weighted by Crippen LogP contribution is -2.42. The zero-order valence-electron chi connectivity index (χ0n) is 17.1. The van der Waals surface area contributed by atoms with Crippen molar-refractivity contribution in [3.05, 3.63) is 83.2 Å². The summed E-state index contributed by atoms with van der Waals surface area (Å²) in [5, 5.41) is 4.51. The van der Waals surface area contributed by atoms with Gasteiger partial charge in [-0.1, -0.05) is 42.0 Å². The molecule has 5 rings (SSSR count). The molecule has 2 aliphatic rings. The van der Waals surface area contributed by atoms with E-state index in [4.69, 9.17) is 10.5 Å². The van der Waals surface area contributed by atoms with Crippen LogP contribution in [0.5, 0.6) is 0 Å². The number of nitrogens with zero attached hydrogens (tertiary/aromatic N) is 3. The molecule has 3 aromatic rings. The van der Waals surface area contributed by atoms with Gasteiger partial charge in [-0.25, -0.2) is 4.68 Å². The summed E-state index contributed by atoms with van der Waals surface area (Å²) in [5.74, 6) is -0.410. The second-order valence-corrected chi connectivity index (χ2v) is 8.39. The van der Waals surface area contributed by atoms with E-state index in [1.165, 1.54) is 11.1 Å². The molecule has 30 heavy (non-hydrogen) atoms. The summed E-state index contributed by atoms with van der Waals surface area (Å²) in [4.78, 5) is 14.4. The number of nitrogens with two attached hydrogens (primary N) is 1. The fraction of sp³-hybridized carbons (Fsp3) is 0.333. The van der Waals surface area contributed by atoms with Crippen molar-refractivity contribution in [3.63, 3.8) is 0 Å². The summed E-state index contributed by atoms with van der Waals surface area (Å²) < 4.78 is 8.23. The molecule has 1 amide bonds. The number of aromatic nitrogens is 2. The van der Waals surface area contributed by atoms with Gasteiger partial charge in [-0.15, -0.1) is 0 Å². The summed E-state index contributed by atoms with van der Waals surface area (Å²) in [6.07, 6.45) is 5.08. The highest BCUT2D eigenvalue weighted by atomic mass is 16.5. The first-order chi connectivity index (χ1) is 14.5. The maximum absolute atomic E-state index is 12.0. The summed E-state index contributed by atoms with van der Waals surface area (Å²) in [5.41, 5.74) is 10.7. The van der Waals surface area contributed by atoms with Crippen LogP contribution in [0.4, 0.5) is 0 Å². The Labute approximate surface area is 176 Å². The van der Waals surface area contributed by atoms with E-state index in [1.54, 1.807) is 0 Å². The summed E-state index contributed by atoms with van der Waals surface area (Å²) in [6.45, 7) is 4.72. The van der Waals surface area contributed by atoms with E-state index in [-0.39, 0.29) is 0 Å². The second kappa shape index (κ2) is 7.38. The van der Waals surface area contributed by atoms with Crippen molar-refractivity contribution in [2.45, 2.75) is 38.0 Å². The van der Waals surface area contributed by atoms with E-state index in [2.05, 4.69) is 29.2 Å². The molecule has 2 aliphatic heterocycles. The Morgan fingerprint density at radius 2 is 1.97 bits per heavy atom. The molecule has 1 saturated heterocycles. The van der Waals surface area contributed by atoms with Crippen LogP contribution in [0, 0.1) is 6.92 Å². The molecular formula is C24H26N4O2. The molecule has 1 spiro atoms. The van der Waals surface area contributed by atoms with Gasteiger partial charge in [0.25, 0.3) is 5.91 Å². The van der Waals surface area contributed by atoms with E-state index >= 15 is 0 Å². The Bertz CT molecular complexity index is 1070. The predicted octanol–water partition coefficient (Wildman–Crippen LogP) is 3.23. The van der Waals surface area contributed by atoms with Gasteiger partial charge in [0, 0.05) is 31.4 Å². The summed E-state index contributed by atoms with van der Waals surface area (Å²) in [7, 11) is 0. The molecule has 1 atom stereocenters. The molecular weight excluding hydrogens is 376 g/mol. The van der Waals surface area contributed by atoms with Crippen molar-refractivity contribution in [3.8, 4) is 5.69 Å². The predicted molar refractivity (Wildman–Crippen MR) is 114 cm³/mol. The molecule has 1 unspecified atom stereocenters. The molecule has 0 saturated carbocycles. The number of aryl methyl sites for hydroxylation is 1. The Morgan fingerprint density at radius 1 is 1.20 bits per heavy atom. The maximum Gasteiger partial charge on any atom is 0.251 e. The minimum Gasteiger partial charge on any atom is -0.367 e. The van der Waals surface area contributed by atoms with Crippen molar-refractivity contribution in [1.82, 2.24) is 14.7 Å². The standard InChI is InChI=1S/C24H26N4O2/c1-17-7-8-20-21(13-17)24(30-22(20)23(25)29)9-11-27(12-10-24)15-18-14-26-28(16-18)19-5-3-2-4-6-19/h2-8,13-14,16,22H,9-12,15H2,1H3,(H2,25,29). The summed E-state index contributed by atoms with van der Waals surface area (Å²) >= 11 is 0. The Morgan fingerprint density at radius 3 is 2.70 bits per heavy atom. The van der Waals surface area contributed by atoms with Crippen LogP contribution in [0.2, 0.25) is 0 Å². The lowest BCUT2D eigenvalue weighted by atomic mass is 9.82. The van der Waals surface area contributed by atoms with Gasteiger partial charge in [0.05, 0.1) is 17.5 Å². The number of amides is 1. The third kappa shape index (κ3) is 3.32. The fourth-order valence-electron chi connectivity index (χ4n) is 4.74. The highest BCUT2D eigenvalue weighted by molar-refractivity contribution is 5.82. The first-order valence-corrected chi connectivity index (χ1v) is 10.4. The fourth-order valence-corrected chi connectivity index (χ4v) is 4.74. The molecule has 154 valence electrons. The number of piperidine rings is 1. The van der Waals surface area contributed by atoms with E-state index in [0.717, 1.165) is 49.3 Å². The number of para-hydroxylation sites is 1. The molecule has 6 nitrogen and oxygen atoms in total. The van der Waals surface area contributed by atoms with Crippen molar-refractivity contribution in [2.24, 2.45) is 5.73 Å². The topological polar surface area (TPSA) is 73.4 Å². The minimum atomic E-state index is -0.642. The van der Waals surface area contributed by atoms with Crippen molar-refractivity contribution < 1.29 is 9.53 Å². The number of fused-ring (bicyclic) bond motifs is 2. The quantitative estimate of drug-likeness (QED) is 0.727. The highest BCUT2D eigenvalue weighted by Crippen LogP contribution is 2.49. The molecule has 6 heteroatoms. The van der Waals surface area contributed by atoms with Crippen molar-refractivity contribution in [2.75, 3.05) is 13.1 Å². The minimum absolute atomic E-state index is 0.410. The third-order valence-corrected chi connectivity index (χ3v) is 6.31.